The van der Waals surface area contributed by atoms with Crippen LogP contribution < -0.4 is 0 Å². The molecule has 1 aliphatic rings. The predicted molar refractivity (Wildman–Crippen MR) is 80.3 cm³/mol. The van der Waals surface area contributed by atoms with E-state index in [-0.39, 0.29) is 5.91 Å². The van der Waals surface area contributed by atoms with Crippen LogP contribution in [0.4, 0.5) is 0 Å². The summed E-state index contributed by atoms with van der Waals surface area (Å²) < 4.78 is 0.952. The first-order chi connectivity index (χ1) is 8.61. The van der Waals surface area contributed by atoms with E-state index >= 15 is 0 Å². The maximum Gasteiger partial charge on any atom is 0.254 e. The van der Waals surface area contributed by atoms with Gasteiger partial charge in [-0.3, -0.25) is 4.79 Å². The molecule has 1 saturated carbocycles. The van der Waals surface area contributed by atoms with Gasteiger partial charge in [-0.15, -0.1) is 12.6 Å². The number of halogens is 1. The van der Waals surface area contributed by atoms with E-state index in [4.69, 9.17) is 0 Å². The number of benzene rings is 1. The van der Waals surface area contributed by atoms with E-state index in [0.29, 0.717) is 5.56 Å². The zero-order valence-corrected chi connectivity index (χ0v) is 13.0. The Morgan fingerprint density at radius 3 is 2.78 bits per heavy atom. The molecule has 1 aromatic rings. The van der Waals surface area contributed by atoms with Gasteiger partial charge in [0.1, 0.15) is 0 Å². The van der Waals surface area contributed by atoms with E-state index < -0.39 is 0 Å². The maximum absolute atomic E-state index is 12.5. The Labute approximate surface area is 122 Å². The Hall–Kier alpha value is -0.480. The molecule has 0 bridgehead atoms. The maximum atomic E-state index is 12.5. The fourth-order valence-corrected chi connectivity index (χ4v) is 2.86. The van der Waals surface area contributed by atoms with Crippen molar-refractivity contribution in [3.05, 3.63) is 28.2 Å². The molecular weight excluding hydrogens is 310 g/mol. The summed E-state index contributed by atoms with van der Waals surface area (Å²) >= 11 is 7.79. The van der Waals surface area contributed by atoms with Gasteiger partial charge in [0.25, 0.3) is 5.91 Å². The van der Waals surface area contributed by atoms with Crippen LogP contribution in [-0.2, 0) is 0 Å². The van der Waals surface area contributed by atoms with Gasteiger partial charge in [-0.2, -0.15) is 0 Å². The largest absolute Gasteiger partial charge is 0.338 e. The molecule has 0 spiro atoms. The molecule has 4 heteroatoms. The van der Waals surface area contributed by atoms with Crippen molar-refractivity contribution in [3.8, 4) is 0 Å². The molecule has 0 heterocycles. The van der Waals surface area contributed by atoms with Gasteiger partial charge in [-0.25, -0.2) is 0 Å². The quantitative estimate of drug-likeness (QED) is 0.810. The number of rotatable bonds is 5. The second-order valence-corrected chi connectivity index (χ2v) is 6.25. The van der Waals surface area contributed by atoms with Crippen LogP contribution in [0.3, 0.4) is 0 Å². The second kappa shape index (κ2) is 6.11. The van der Waals surface area contributed by atoms with Crippen molar-refractivity contribution in [2.75, 3.05) is 13.1 Å². The van der Waals surface area contributed by atoms with Crippen molar-refractivity contribution in [1.82, 2.24) is 4.90 Å². The third-order valence-electron chi connectivity index (χ3n) is 3.15. The zero-order valence-electron chi connectivity index (χ0n) is 10.5. The highest BCUT2D eigenvalue weighted by Crippen LogP contribution is 2.30. The smallest absolute Gasteiger partial charge is 0.254 e. The first kappa shape index (κ1) is 13.9. The predicted octanol–water partition coefficient (Wildman–Crippen LogP) is 4.00. The average Bonchev–Trinajstić information content (AvgIpc) is 3.11. The number of thiol groups is 1. The summed E-state index contributed by atoms with van der Waals surface area (Å²) in [4.78, 5) is 15.2. The molecule has 1 aromatic carbocycles. The van der Waals surface area contributed by atoms with Crippen LogP contribution in [0.2, 0.25) is 0 Å². The van der Waals surface area contributed by atoms with Crippen molar-refractivity contribution in [2.24, 2.45) is 5.92 Å². The molecule has 18 heavy (non-hydrogen) atoms. The van der Waals surface area contributed by atoms with E-state index in [9.17, 15) is 4.79 Å². The molecule has 0 unspecified atom stereocenters. The SMILES string of the molecule is CCCN(CC1CC1)C(=O)c1ccc(Br)cc1S. The Morgan fingerprint density at radius 2 is 2.22 bits per heavy atom. The molecule has 0 aromatic heterocycles. The van der Waals surface area contributed by atoms with E-state index in [1.165, 1.54) is 12.8 Å². The number of amides is 1. The van der Waals surface area contributed by atoms with Gasteiger partial charge < -0.3 is 4.90 Å². The molecule has 1 fully saturated rings. The minimum atomic E-state index is 0.112. The van der Waals surface area contributed by atoms with Crippen LogP contribution in [0.25, 0.3) is 0 Å². The summed E-state index contributed by atoms with van der Waals surface area (Å²) in [5.41, 5.74) is 0.704. The number of carbonyl (C=O) groups excluding carboxylic acids is 1. The molecule has 1 aliphatic carbocycles. The molecule has 0 saturated heterocycles. The van der Waals surface area contributed by atoms with E-state index in [2.05, 4.69) is 35.5 Å². The lowest BCUT2D eigenvalue weighted by molar-refractivity contribution is 0.0744. The van der Waals surface area contributed by atoms with Crippen molar-refractivity contribution in [3.63, 3.8) is 0 Å². The van der Waals surface area contributed by atoms with E-state index in [0.717, 1.165) is 34.8 Å². The molecule has 1 amide bonds. The lowest BCUT2D eigenvalue weighted by Gasteiger charge is -2.22. The highest BCUT2D eigenvalue weighted by Gasteiger charge is 2.27. The van der Waals surface area contributed by atoms with Crippen LogP contribution in [0.5, 0.6) is 0 Å². The molecule has 0 N–H and O–H groups in total. The van der Waals surface area contributed by atoms with Crippen LogP contribution in [0.15, 0.2) is 27.6 Å². The summed E-state index contributed by atoms with van der Waals surface area (Å²) in [5.74, 6) is 0.834. The third kappa shape index (κ3) is 3.51. The Morgan fingerprint density at radius 1 is 1.50 bits per heavy atom. The number of carbonyl (C=O) groups is 1. The zero-order chi connectivity index (χ0) is 13.1. The molecule has 0 aliphatic heterocycles. The van der Waals surface area contributed by atoms with Crippen LogP contribution in [0, 0.1) is 5.92 Å². The standard InChI is InChI=1S/C14H18BrNOS/c1-2-7-16(9-10-3-4-10)14(17)12-6-5-11(15)8-13(12)18/h5-6,8,10,18H,2-4,7,9H2,1H3. The highest BCUT2D eigenvalue weighted by atomic mass is 79.9. The van der Waals surface area contributed by atoms with Crippen LogP contribution in [-0.4, -0.2) is 23.9 Å². The molecular formula is C14H18BrNOS. The lowest BCUT2D eigenvalue weighted by atomic mass is 10.2. The topological polar surface area (TPSA) is 20.3 Å². The number of nitrogens with zero attached hydrogens (tertiary/aromatic N) is 1. The molecule has 0 atom stereocenters. The summed E-state index contributed by atoms with van der Waals surface area (Å²) in [7, 11) is 0. The van der Waals surface area contributed by atoms with Gasteiger partial charge in [0.05, 0.1) is 5.56 Å². The number of hydrogen-bond acceptors (Lipinski definition) is 2. The lowest BCUT2D eigenvalue weighted by Crippen LogP contribution is -2.33. The summed E-state index contributed by atoms with van der Waals surface area (Å²) in [6, 6.07) is 5.62. The summed E-state index contributed by atoms with van der Waals surface area (Å²) in [6.07, 6.45) is 3.53. The second-order valence-electron chi connectivity index (χ2n) is 4.86. The number of hydrogen-bond donors (Lipinski definition) is 1. The first-order valence-electron chi connectivity index (χ1n) is 6.39. The van der Waals surface area contributed by atoms with Gasteiger partial charge >= 0.3 is 0 Å². The molecule has 0 radical (unpaired) electrons. The van der Waals surface area contributed by atoms with Crippen molar-refractivity contribution < 1.29 is 4.79 Å². The van der Waals surface area contributed by atoms with E-state index in [1.54, 1.807) is 0 Å². The fourth-order valence-electron chi connectivity index (χ4n) is 2.01. The van der Waals surface area contributed by atoms with Gasteiger partial charge in [0.15, 0.2) is 0 Å². The average molecular weight is 328 g/mol. The fraction of sp³-hybridized carbons (Fsp3) is 0.500. The van der Waals surface area contributed by atoms with Gasteiger partial charge in [0, 0.05) is 22.5 Å². The van der Waals surface area contributed by atoms with Gasteiger partial charge in [-0.05, 0) is 43.4 Å². The third-order valence-corrected chi connectivity index (χ3v) is 4.01. The van der Waals surface area contributed by atoms with Crippen LogP contribution in [0.1, 0.15) is 36.5 Å². The van der Waals surface area contributed by atoms with E-state index in [1.807, 2.05) is 23.1 Å². The molecule has 98 valence electrons. The van der Waals surface area contributed by atoms with Gasteiger partial charge in [0.2, 0.25) is 0 Å². The van der Waals surface area contributed by atoms with Crippen molar-refractivity contribution in [1.29, 1.82) is 0 Å². The normalized spacial score (nSPS) is 14.6. The first-order valence-corrected chi connectivity index (χ1v) is 7.63. The van der Waals surface area contributed by atoms with Gasteiger partial charge in [-0.1, -0.05) is 22.9 Å². The monoisotopic (exact) mass is 327 g/mol. The molecule has 2 rings (SSSR count). The Bertz CT molecular complexity index is 445. The molecule has 2 nitrogen and oxygen atoms in total. The summed E-state index contributed by atoms with van der Waals surface area (Å²) in [5, 5.41) is 0. The minimum absolute atomic E-state index is 0.112. The van der Waals surface area contributed by atoms with Crippen molar-refractivity contribution >= 4 is 34.5 Å². The van der Waals surface area contributed by atoms with Crippen LogP contribution >= 0.6 is 28.6 Å². The van der Waals surface area contributed by atoms with Crippen molar-refractivity contribution in [2.45, 2.75) is 31.1 Å². The highest BCUT2D eigenvalue weighted by molar-refractivity contribution is 9.10. The summed E-state index contributed by atoms with van der Waals surface area (Å²) in [6.45, 7) is 3.84. The Kier molecular flexibility index (Phi) is 4.73. The Balaban J connectivity index is 2.15. The minimum Gasteiger partial charge on any atom is -0.338 e.